The van der Waals surface area contributed by atoms with Crippen LogP contribution in [0.15, 0.2) is 18.2 Å². The van der Waals surface area contributed by atoms with Gasteiger partial charge in [0.15, 0.2) is 0 Å². The Kier molecular flexibility index (Phi) is 3.17. The SMILES string of the molecule is COc1ccc(C(F)(F)F)cc1NC1CCC1. The molecule has 0 radical (unpaired) electrons. The van der Waals surface area contributed by atoms with Crippen LogP contribution >= 0.6 is 0 Å². The average molecular weight is 245 g/mol. The van der Waals surface area contributed by atoms with Crippen molar-refractivity contribution in [1.82, 2.24) is 0 Å². The van der Waals surface area contributed by atoms with Crippen LogP contribution in [0.25, 0.3) is 0 Å². The molecule has 1 aromatic rings. The molecule has 1 fully saturated rings. The molecular formula is C12H14F3NO. The second kappa shape index (κ2) is 4.47. The van der Waals surface area contributed by atoms with Gasteiger partial charge in [0.1, 0.15) is 5.75 Å². The van der Waals surface area contributed by atoms with Crippen LogP contribution in [0.5, 0.6) is 5.75 Å². The first-order valence-corrected chi connectivity index (χ1v) is 5.52. The summed E-state index contributed by atoms with van der Waals surface area (Å²) in [6.45, 7) is 0. The number of alkyl halides is 3. The van der Waals surface area contributed by atoms with Crippen LogP contribution in [0.1, 0.15) is 24.8 Å². The Morgan fingerprint density at radius 3 is 2.47 bits per heavy atom. The normalized spacial score (nSPS) is 16.5. The lowest BCUT2D eigenvalue weighted by Gasteiger charge is -2.28. The van der Waals surface area contributed by atoms with Gasteiger partial charge in [-0.25, -0.2) is 0 Å². The fraction of sp³-hybridized carbons (Fsp3) is 0.500. The smallest absolute Gasteiger partial charge is 0.416 e. The molecule has 2 nitrogen and oxygen atoms in total. The summed E-state index contributed by atoms with van der Waals surface area (Å²) in [5.41, 5.74) is -0.229. The van der Waals surface area contributed by atoms with E-state index in [-0.39, 0.29) is 6.04 Å². The van der Waals surface area contributed by atoms with Crippen LogP contribution in [-0.4, -0.2) is 13.2 Å². The molecule has 17 heavy (non-hydrogen) atoms. The quantitative estimate of drug-likeness (QED) is 0.877. The lowest BCUT2D eigenvalue weighted by atomic mass is 9.93. The Balaban J connectivity index is 2.25. The summed E-state index contributed by atoms with van der Waals surface area (Å²) in [5.74, 6) is 0.449. The van der Waals surface area contributed by atoms with Crippen LogP contribution in [0.2, 0.25) is 0 Å². The Morgan fingerprint density at radius 1 is 1.29 bits per heavy atom. The van der Waals surface area contributed by atoms with E-state index in [4.69, 9.17) is 4.74 Å². The van der Waals surface area contributed by atoms with Crippen molar-refractivity contribution in [3.05, 3.63) is 23.8 Å². The number of nitrogens with one attached hydrogen (secondary N) is 1. The molecule has 0 bridgehead atoms. The highest BCUT2D eigenvalue weighted by Crippen LogP contribution is 2.36. The summed E-state index contributed by atoms with van der Waals surface area (Å²) in [7, 11) is 1.45. The number of hydrogen-bond donors (Lipinski definition) is 1. The third-order valence-electron chi connectivity index (χ3n) is 2.99. The number of hydrogen-bond acceptors (Lipinski definition) is 2. The fourth-order valence-electron chi connectivity index (χ4n) is 1.77. The summed E-state index contributed by atoms with van der Waals surface area (Å²) in [5, 5.41) is 3.09. The molecule has 0 aliphatic heterocycles. The molecule has 2 rings (SSSR count). The predicted molar refractivity (Wildman–Crippen MR) is 59.3 cm³/mol. The van der Waals surface area contributed by atoms with Gasteiger partial charge >= 0.3 is 6.18 Å². The second-order valence-corrected chi connectivity index (χ2v) is 4.18. The molecule has 1 N–H and O–H groups in total. The van der Waals surface area contributed by atoms with Crippen LogP contribution in [0, 0.1) is 0 Å². The minimum atomic E-state index is -4.32. The van der Waals surface area contributed by atoms with Crippen LogP contribution in [-0.2, 0) is 6.18 Å². The van der Waals surface area contributed by atoms with Crippen molar-refractivity contribution in [3.8, 4) is 5.75 Å². The highest BCUT2D eigenvalue weighted by molar-refractivity contribution is 5.59. The molecule has 0 saturated heterocycles. The number of halogens is 3. The molecule has 1 aliphatic carbocycles. The maximum Gasteiger partial charge on any atom is 0.416 e. The summed E-state index contributed by atoms with van der Waals surface area (Å²) >= 11 is 0. The maximum atomic E-state index is 12.6. The zero-order valence-electron chi connectivity index (χ0n) is 9.47. The van der Waals surface area contributed by atoms with E-state index in [0.29, 0.717) is 11.4 Å². The topological polar surface area (TPSA) is 21.3 Å². The predicted octanol–water partition coefficient (Wildman–Crippen LogP) is 3.68. The van der Waals surface area contributed by atoms with Gasteiger partial charge in [0.05, 0.1) is 18.4 Å². The van der Waals surface area contributed by atoms with Crippen molar-refractivity contribution in [2.45, 2.75) is 31.5 Å². The number of methoxy groups -OCH3 is 1. The van der Waals surface area contributed by atoms with E-state index in [1.807, 2.05) is 0 Å². The van der Waals surface area contributed by atoms with Gasteiger partial charge in [-0.2, -0.15) is 13.2 Å². The van der Waals surface area contributed by atoms with Crippen molar-refractivity contribution in [2.24, 2.45) is 0 Å². The molecule has 5 heteroatoms. The molecule has 0 aromatic heterocycles. The van der Waals surface area contributed by atoms with Crippen LogP contribution < -0.4 is 10.1 Å². The zero-order valence-corrected chi connectivity index (χ0v) is 9.47. The number of rotatable bonds is 3. The first-order valence-electron chi connectivity index (χ1n) is 5.52. The van der Waals surface area contributed by atoms with Crippen molar-refractivity contribution in [3.63, 3.8) is 0 Å². The van der Waals surface area contributed by atoms with Gasteiger partial charge in [0.2, 0.25) is 0 Å². The summed E-state index contributed by atoms with van der Waals surface area (Å²) in [6, 6.07) is 3.76. The fourth-order valence-corrected chi connectivity index (χ4v) is 1.77. The third kappa shape index (κ3) is 2.65. The van der Waals surface area contributed by atoms with Gasteiger partial charge in [-0.05, 0) is 37.5 Å². The molecule has 0 heterocycles. The standard InChI is InChI=1S/C12H14F3NO/c1-17-11-6-5-8(12(13,14)15)7-10(11)16-9-3-2-4-9/h5-7,9,16H,2-4H2,1H3. The van der Waals surface area contributed by atoms with Gasteiger partial charge in [0, 0.05) is 6.04 Å². The molecule has 0 unspecified atom stereocenters. The van der Waals surface area contributed by atoms with Gasteiger partial charge < -0.3 is 10.1 Å². The van der Waals surface area contributed by atoms with E-state index < -0.39 is 11.7 Å². The summed E-state index contributed by atoms with van der Waals surface area (Å²) in [4.78, 5) is 0. The van der Waals surface area contributed by atoms with Gasteiger partial charge in [-0.3, -0.25) is 0 Å². The van der Waals surface area contributed by atoms with E-state index in [9.17, 15) is 13.2 Å². The average Bonchev–Trinajstić information content (AvgIpc) is 2.22. The van der Waals surface area contributed by atoms with Gasteiger partial charge in [-0.15, -0.1) is 0 Å². The van der Waals surface area contributed by atoms with E-state index in [0.717, 1.165) is 31.4 Å². The molecular weight excluding hydrogens is 231 g/mol. The Morgan fingerprint density at radius 2 is 2.00 bits per heavy atom. The zero-order chi connectivity index (χ0) is 12.5. The Bertz CT molecular complexity index is 399. The van der Waals surface area contributed by atoms with Crippen molar-refractivity contribution >= 4 is 5.69 Å². The lowest BCUT2D eigenvalue weighted by Crippen LogP contribution is -2.27. The summed E-state index contributed by atoms with van der Waals surface area (Å²) < 4.78 is 42.8. The number of anilines is 1. The molecule has 1 aromatic carbocycles. The molecule has 1 saturated carbocycles. The minimum absolute atomic E-state index is 0.271. The van der Waals surface area contributed by atoms with Crippen molar-refractivity contribution in [1.29, 1.82) is 0 Å². The highest BCUT2D eigenvalue weighted by Gasteiger charge is 2.31. The number of ether oxygens (including phenoxy) is 1. The molecule has 94 valence electrons. The minimum Gasteiger partial charge on any atom is -0.495 e. The van der Waals surface area contributed by atoms with Gasteiger partial charge in [0.25, 0.3) is 0 Å². The maximum absolute atomic E-state index is 12.6. The first-order chi connectivity index (χ1) is 8.00. The molecule has 0 amide bonds. The highest BCUT2D eigenvalue weighted by atomic mass is 19.4. The molecule has 0 spiro atoms. The third-order valence-corrected chi connectivity index (χ3v) is 2.99. The Hall–Kier alpha value is -1.39. The lowest BCUT2D eigenvalue weighted by molar-refractivity contribution is -0.137. The van der Waals surface area contributed by atoms with Crippen molar-refractivity contribution < 1.29 is 17.9 Å². The first kappa shape index (κ1) is 12.1. The Labute approximate surface area is 97.8 Å². The second-order valence-electron chi connectivity index (χ2n) is 4.18. The van der Waals surface area contributed by atoms with E-state index >= 15 is 0 Å². The molecule has 0 atom stereocenters. The van der Waals surface area contributed by atoms with E-state index in [1.54, 1.807) is 0 Å². The van der Waals surface area contributed by atoms with Crippen molar-refractivity contribution in [2.75, 3.05) is 12.4 Å². The number of benzene rings is 1. The van der Waals surface area contributed by atoms with Gasteiger partial charge in [-0.1, -0.05) is 0 Å². The molecule has 1 aliphatic rings. The largest absolute Gasteiger partial charge is 0.495 e. The van der Waals surface area contributed by atoms with E-state index in [1.165, 1.54) is 13.2 Å². The monoisotopic (exact) mass is 245 g/mol. The van der Waals surface area contributed by atoms with Crippen LogP contribution in [0.3, 0.4) is 0 Å². The van der Waals surface area contributed by atoms with Crippen LogP contribution in [0.4, 0.5) is 18.9 Å². The van der Waals surface area contributed by atoms with E-state index in [2.05, 4.69) is 5.32 Å². The summed E-state index contributed by atoms with van der Waals surface area (Å²) in [6.07, 6.45) is -1.19.